The van der Waals surface area contributed by atoms with Crippen molar-refractivity contribution in [1.29, 1.82) is 0 Å². The molecule has 3 rings (SSSR count). The van der Waals surface area contributed by atoms with E-state index in [2.05, 4.69) is 20.6 Å². The first-order valence-corrected chi connectivity index (χ1v) is 9.15. The van der Waals surface area contributed by atoms with Crippen molar-refractivity contribution in [2.45, 2.75) is 13.0 Å². The number of halogens is 1. The quantitative estimate of drug-likeness (QED) is 0.645. The summed E-state index contributed by atoms with van der Waals surface area (Å²) < 4.78 is 0. The van der Waals surface area contributed by atoms with Crippen molar-refractivity contribution in [2.75, 3.05) is 6.54 Å². The highest BCUT2D eigenvalue weighted by molar-refractivity contribution is 6.30. The van der Waals surface area contributed by atoms with Crippen LogP contribution in [0.1, 0.15) is 32.0 Å². The molecule has 0 unspecified atom stereocenters. The average Bonchev–Trinajstić information content (AvgIpc) is 2.74. The Morgan fingerprint density at radius 2 is 1.61 bits per heavy atom. The summed E-state index contributed by atoms with van der Waals surface area (Å²) in [5, 5.41) is 6.30. The standard InChI is InChI=1S/C21H19ClN4O2/c22-18-3-1-15(2-4-18)7-11-25-21(28)19-13-17(8-12-24-19)20(27)26-14-16-5-9-23-10-6-16/h1-6,8-10,12-13H,7,11,14H2,(H,25,28)(H,26,27). The predicted molar refractivity (Wildman–Crippen MR) is 107 cm³/mol. The second kappa shape index (κ2) is 9.62. The third kappa shape index (κ3) is 5.62. The molecule has 2 N–H and O–H groups in total. The van der Waals surface area contributed by atoms with Crippen molar-refractivity contribution in [3.8, 4) is 0 Å². The van der Waals surface area contributed by atoms with E-state index in [9.17, 15) is 9.59 Å². The predicted octanol–water partition coefficient (Wildman–Crippen LogP) is 3.03. The number of carbonyl (C=O) groups excluding carboxylic acids is 2. The lowest BCUT2D eigenvalue weighted by molar-refractivity contribution is 0.0949. The number of nitrogens with one attached hydrogen (secondary N) is 2. The fraction of sp³-hybridized carbons (Fsp3) is 0.143. The number of rotatable bonds is 7. The van der Waals surface area contributed by atoms with Crippen LogP contribution in [0.4, 0.5) is 0 Å². The van der Waals surface area contributed by atoms with Crippen LogP contribution in [0, 0.1) is 0 Å². The van der Waals surface area contributed by atoms with Gasteiger partial charge in [-0.3, -0.25) is 19.6 Å². The molecule has 142 valence electrons. The Hall–Kier alpha value is -3.25. The van der Waals surface area contributed by atoms with Gasteiger partial charge < -0.3 is 10.6 Å². The van der Waals surface area contributed by atoms with Crippen molar-refractivity contribution in [1.82, 2.24) is 20.6 Å². The van der Waals surface area contributed by atoms with Crippen LogP contribution in [-0.4, -0.2) is 28.3 Å². The van der Waals surface area contributed by atoms with Crippen LogP contribution < -0.4 is 10.6 Å². The Bertz CT molecular complexity index is 946. The summed E-state index contributed by atoms with van der Waals surface area (Å²) in [7, 11) is 0. The minimum absolute atomic E-state index is 0.202. The molecule has 0 aliphatic carbocycles. The summed E-state index contributed by atoms with van der Waals surface area (Å²) in [5.74, 6) is -0.591. The zero-order chi connectivity index (χ0) is 19.8. The first-order chi connectivity index (χ1) is 13.6. The van der Waals surface area contributed by atoms with Crippen LogP contribution in [-0.2, 0) is 13.0 Å². The van der Waals surface area contributed by atoms with Gasteiger partial charge in [-0.25, -0.2) is 0 Å². The van der Waals surface area contributed by atoms with E-state index in [-0.39, 0.29) is 17.5 Å². The first-order valence-electron chi connectivity index (χ1n) is 8.77. The molecule has 2 heterocycles. The normalized spacial score (nSPS) is 10.3. The molecule has 0 fully saturated rings. The Kier molecular flexibility index (Phi) is 6.70. The zero-order valence-corrected chi connectivity index (χ0v) is 15.8. The molecular weight excluding hydrogens is 376 g/mol. The molecule has 0 aliphatic heterocycles. The highest BCUT2D eigenvalue weighted by Gasteiger charge is 2.11. The van der Waals surface area contributed by atoms with Crippen molar-refractivity contribution in [3.63, 3.8) is 0 Å². The second-order valence-corrected chi connectivity index (χ2v) is 6.54. The fourth-order valence-electron chi connectivity index (χ4n) is 2.54. The van der Waals surface area contributed by atoms with E-state index in [1.807, 2.05) is 36.4 Å². The van der Waals surface area contributed by atoms with Gasteiger partial charge in [0.25, 0.3) is 11.8 Å². The Labute approximate surface area is 168 Å². The minimum Gasteiger partial charge on any atom is -0.350 e. The van der Waals surface area contributed by atoms with Crippen LogP contribution in [0.15, 0.2) is 67.1 Å². The summed E-state index contributed by atoms with van der Waals surface area (Å²) in [6.45, 7) is 0.840. The lowest BCUT2D eigenvalue weighted by Crippen LogP contribution is -2.27. The van der Waals surface area contributed by atoms with E-state index >= 15 is 0 Å². The molecule has 3 aromatic rings. The third-order valence-corrected chi connectivity index (χ3v) is 4.32. The topological polar surface area (TPSA) is 84.0 Å². The summed E-state index contributed by atoms with van der Waals surface area (Å²) in [4.78, 5) is 32.6. The number of hydrogen-bond donors (Lipinski definition) is 2. The third-order valence-electron chi connectivity index (χ3n) is 4.07. The van der Waals surface area contributed by atoms with Gasteiger partial charge in [0.05, 0.1) is 0 Å². The molecule has 1 aromatic carbocycles. The van der Waals surface area contributed by atoms with Gasteiger partial charge in [-0.15, -0.1) is 0 Å². The van der Waals surface area contributed by atoms with Crippen molar-refractivity contribution in [3.05, 3.63) is 94.5 Å². The maximum atomic E-state index is 12.3. The van der Waals surface area contributed by atoms with Gasteiger partial charge in [-0.05, 0) is 53.9 Å². The van der Waals surface area contributed by atoms with Gasteiger partial charge in [-0.2, -0.15) is 0 Å². The molecule has 7 heteroatoms. The SMILES string of the molecule is O=C(NCc1ccncc1)c1ccnc(C(=O)NCCc2ccc(Cl)cc2)c1. The number of hydrogen-bond acceptors (Lipinski definition) is 4. The molecule has 0 radical (unpaired) electrons. The molecule has 0 spiro atoms. The molecule has 0 aliphatic rings. The number of benzene rings is 1. The number of nitrogens with zero attached hydrogens (tertiary/aromatic N) is 2. The summed E-state index contributed by atoms with van der Waals surface area (Å²) in [6.07, 6.45) is 5.46. The van der Waals surface area contributed by atoms with Gasteiger partial charge in [0, 0.05) is 42.3 Å². The number of pyridine rings is 2. The molecule has 2 amide bonds. The zero-order valence-electron chi connectivity index (χ0n) is 15.1. The van der Waals surface area contributed by atoms with Crippen LogP contribution in [0.5, 0.6) is 0 Å². The molecule has 28 heavy (non-hydrogen) atoms. The van der Waals surface area contributed by atoms with Crippen LogP contribution in [0.2, 0.25) is 5.02 Å². The molecule has 0 saturated carbocycles. The highest BCUT2D eigenvalue weighted by atomic mass is 35.5. The Balaban J connectivity index is 1.53. The maximum absolute atomic E-state index is 12.3. The molecular formula is C21H19ClN4O2. The summed E-state index contributed by atoms with van der Waals surface area (Å²) in [6, 6.07) is 14.2. The van der Waals surface area contributed by atoms with Crippen LogP contribution in [0.3, 0.4) is 0 Å². The first kappa shape index (κ1) is 19.5. The number of aromatic nitrogens is 2. The lowest BCUT2D eigenvalue weighted by Gasteiger charge is -2.08. The summed E-state index contributed by atoms with van der Waals surface area (Å²) in [5.41, 5.74) is 2.60. The largest absolute Gasteiger partial charge is 0.350 e. The van der Waals surface area contributed by atoms with Gasteiger partial charge in [0.15, 0.2) is 0 Å². The lowest BCUT2D eigenvalue weighted by atomic mass is 10.1. The van der Waals surface area contributed by atoms with E-state index in [4.69, 9.17) is 11.6 Å². The van der Waals surface area contributed by atoms with Gasteiger partial charge in [0.1, 0.15) is 5.69 Å². The van der Waals surface area contributed by atoms with Crippen molar-refractivity contribution < 1.29 is 9.59 Å². The molecule has 0 atom stereocenters. The van der Waals surface area contributed by atoms with Gasteiger partial charge >= 0.3 is 0 Å². The minimum atomic E-state index is -0.322. The number of carbonyl (C=O) groups is 2. The molecule has 0 saturated heterocycles. The molecule has 2 aromatic heterocycles. The van der Waals surface area contributed by atoms with Gasteiger partial charge in [0.2, 0.25) is 0 Å². The monoisotopic (exact) mass is 394 g/mol. The Morgan fingerprint density at radius 1 is 0.857 bits per heavy atom. The Morgan fingerprint density at radius 3 is 2.36 bits per heavy atom. The second-order valence-electron chi connectivity index (χ2n) is 6.10. The van der Waals surface area contributed by atoms with Crippen molar-refractivity contribution >= 4 is 23.4 Å². The van der Waals surface area contributed by atoms with Gasteiger partial charge in [-0.1, -0.05) is 23.7 Å². The van der Waals surface area contributed by atoms with Crippen molar-refractivity contribution in [2.24, 2.45) is 0 Å². The van der Waals surface area contributed by atoms with Crippen LogP contribution >= 0.6 is 11.6 Å². The smallest absolute Gasteiger partial charge is 0.269 e. The summed E-state index contributed by atoms with van der Waals surface area (Å²) >= 11 is 5.86. The highest BCUT2D eigenvalue weighted by Crippen LogP contribution is 2.09. The van der Waals surface area contributed by atoms with E-state index in [1.54, 1.807) is 18.5 Å². The molecule has 0 bridgehead atoms. The van der Waals surface area contributed by atoms with E-state index < -0.39 is 0 Å². The maximum Gasteiger partial charge on any atom is 0.269 e. The van der Waals surface area contributed by atoms with E-state index in [1.165, 1.54) is 12.3 Å². The molecule has 6 nitrogen and oxygen atoms in total. The fourth-order valence-corrected chi connectivity index (χ4v) is 2.67. The van der Waals surface area contributed by atoms with E-state index in [0.29, 0.717) is 30.1 Å². The van der Waals surface area contributed by atoms with E-state index in [0.717, 1.165) is 11.1 Å². The number of amides is 2. The average molecular weight is 395 g/mol. The van der Waals surface area contributed by atoms with Crippen LogP contribution in [0.25, 0.3) is 0 Å².